The Hall–Kier alpha value is -3.41. The van der Waals surface area contributed by atoms with Crippen LogP contribution in [0.4, 0.5) is 0 Å². The molecule has 0 saturated carbocycles. The molecule has 150 valence electrons. The molecule has 2 amide bonds. The first kappa shape index (κ1) is 20.3. The zero-order chi connectivity index (χ0) is 20.6. The Morgan fingerprint density at radius 2 is 1.69 bits per heavy atom. The molecule has 1 atom stereocenters. The van der Waals surface area contributed by atoms with Gasteiger partial charge in [0.2, 0.25) is 5.91 Å². The number of rotatable bonds is 8. The first-order valence-electron chi connectivity index (χ1n) is 9.70. The van der Waals surface area contributed by atoms with E-state index in [1.807, 2.05) is 54.9 Å². The van der Waals surface area contributed by atoms with E-state index >= 15 is 0 Å². The number of hydrogen-bond donors (Lipinski definition) is 2. The number of nitrogens with zero attached hydrogens (tertiary/aromatic N) is 2. The average Bonchev–Trinajstić information content (AvgIpc) is 3.24. The second kappa shape index (κ2) is 9.68. The molecular formula is C23H26N4O2. The molecule has 0 aliphatic heterocycles. The molecule has 0 spiro atoms. The Labute approximate surface area is 171 Å². The quantitative estimate of drug-likeness (QED) is 0.621. The first-order valence-corrected chi connectivity index (χ1v) is 9.70. The normalized spacial score (nSPS) is 11.8. The lowest BCUT2D eigenvalue weighted by molar-refractivity contribution is -0.124. The van der Waals surface area contributed by atoms with Gasteiger partial charge in [0.05, 0.1) is 6.33 Å². The van der Waals surface area contributed by atoms with Crippen LogP contribution >= 0.6 is 0 Å². The highest BCUT2D eigenvalue weighted by Crippen LogP contribution is 2.11. The van der Waals surface area contributed by atoms with Gasteiger partial charge in [-0.1, -0.05) is 56.3 Å². The number of hydrogen-bond acceptors (Lipinski definition) is 3. The lowest BCUT2D eigenvalue weighted by Crippen LogP contribution is -2.49. The Morgan fingerprint density at radius 1 is 1.00 bits per heavy atom. The monoisotopic (exact) mass is 390 g/mol. The van der Waals surface area contributed by atoms with Gasteiger partial charge in [0, 0.05) is 31.0 Å². The summed E-state index contributed by atoms with van der Waals surface area (Å²) in [4.78, 5) is 29.4. The highest BCUT2D eigenvalue weighted by molar-refractivity contribution is 5.97. The van der Waals surface area contributed by atoms with Gasteiger partial charge in [-0.2, -0.15) is 0 Å². The Morgan fingerprint density at radius 3 is 2.34 bits per heavy atom. The summed E-state index contributed by atoms with van der Waals surface area (Å²) in [7, 11) is 0. The van der Waals surface area contributed by atoms with Gasteiger partial charge >= 0.3 is 0 Å². The van der Waals surface area contributed by atoms with Crippen molar-refractivity contribution in [1.82, 2.24) is 20.2 Å². The van der Waals surface area contributed by atoms with Crippen molar-refractivity contribution in [3.63, 3.8) is 0 Å². The minimum atomic E-state index is -0.608. The van der Waals surface area contributed by atoms with E-state index in [4.69, 9.17) is 0 Å². The minimum Gasteiger partial charge on any atom is -0.350 e. The van der Waals surface area contributed by atoms with Crippen LogP contribution in [0.15, 0.2) is 73.3 Å². The van der Waals surface area contributed by atoms with Crippen molar-refractivity contribution in [3.05, 3.63) is 90.0 Å². The molecule has 6 heteroatoms. The van der Waals surface area contributed by atoms with Gasteiger partial charge in [-0.3, -0.25) is 9.59 Å². The summed E-state index contributed by atoms with van der Waals surface area (Å²) < 4.78 is 1.98. The van der Waals surface area contributed by atoms with Crippen LogP contribution in [0.2, 0.25) is 0 Å². The second-order valence-electron chi connectivity index (χ2n) is 7.28. The maximum Gasteiger partial charge on any atom is 0.251 e. The molecule has 0 aliphatic carbocycles. The fourth-order valence-electron chi connectivity index (χ4n) is 3.10. The van der Waals surface area contributed by atoms with Gasteiger partial charge in [-0.05, 0) is 29.2 Å². The maximum atomic E-state index is 12.8. The molecule has 6 nitrogen and oxygen atoms in total. The van der Waals surface area contributed by atoms with Crippen molar-refractivity contribution in [2.24, 2.45) is 5.92 Å². The number of carbonyl (C=O) groups excluding carboxylic acids is 2. The lowest BCUT2D eigenvalue weighted by atomic mass is 10.0. The summed E-state index contributed by atoms with van der Waals surface area (Å²) in [6.07, 6.45) is 5.42. The largest absolute Gasteiger partial charge is 0.350 e. The average molecular weight is 390 g/mol. The van der Waals surface area contributed by atoms with Gasteiger partial charge in [0.1, 0.15) is 6.04 Å². The van der Waals surface area contributed by atoms with Crippen LogP contribution in [0, 0.1) is 5.92 Å². The lowest BCUT2D eigenvalue weighted by Gasteiger charge is -2.22. The molecule has 2 N–H and O–H groups in total. The van der Waals surface area contributed by atoms with E-state index < -0.39 is 6.04 Å². The smallest absolute Gasteiger partial charge is 0.251 e. The number of aromatic nitrogens is 2. The summed E-state index contributed by atoms with van der Waals surface area (Å²) >= 11 is 0. The van der Waals surface area contributed by atoms with E-state index in [2.05, 4.69) is 15.6 Å². The van der Waals surface area contributed by atoms with E-state index in [-0.39, 0.29) is 17.7 Å². The molecule has 2 aromatic carbocycles. The third-order valence-corrected chi connectivity index (χ3v) is 4.76. The van der Waals surface area contributed by atoms with Gasteiger partial charge in [0.25, 0.3) is 5.91 Å². The topological polar surface area (TPSA) is 76.0 Å². The fraction of sp³-hybridized carbons (Fsp3) is 0.261. The van der Waals surface area contributed by atoms with Crippen LogP contribution in [-0.4, -0.2) is 27.4 Å². The third kappa shape index (κ3) is 5.54. The molecule has 1 heterocycles. The van der Waals surface area contributed by atoms with Gasteiger partial charge in [-0.25, -0.2) is 4.98 Å². The molecule has 0 saturated heterocycles. The van der Waals surface area contributed by atoms with Crippen LogP contribution in [0.3, 0.4) is 0 Å². The standard InChI is InChI=1S/C23H26N4O2/c1-17(2)21(26-22(28)18-8-4-3-5-9-18)23(29)25-14-19-10-6-7-11-20(19)15-27-13-12-24-16-27/h3-13,16-17,21H,14-15H2,1-2H3,(H,25,29)(H,26,28). The third-order valence-electron chi connectivity index (χ3n) is 4.76. The highest BCUT2D eigenvalue weighted by atomic mass is 16.2. The summed E-state index contributed by atoms with van der Waals surface area (Å²) in [5.74, 6) is -0.481. The Balaban J connectivity index is 1.64. The molecule has 1 aromatic heterocycles. The molecule has 0 radical (unpaired) electrons. The van der Waals surface area contributed by atoms with E-state index in [0.717, 1.165) is 11.1 Å². The van der Waals surface area contributed by atoms with E-state index in [1.54, 1.807) is 36.8 Å². The number of benzene rings is 2. The number of imidazole rings is 1. The van der Waals surface area contributed by atoms with Gasteiger partial charge in [-0.15, -0.1) is 0 Å². The van der Waals surface area contributed by atoms with Gasteiger partial charge < -0.3 is 15.2 Å². The molecule has 1 unspecified atom stereocenters. The number of amides is 2. The molecule has 0 fully saturated rings. The van der Waals surface area contributed by atoms with Crippen LogP contribution in [0.1, 0.15) is 35.3 Å². The fourth-order valence-corrected chi connectivity index (χ4v) is 3.10. The molecule has 0 bridgehead atoms. The van der Waals surface area contributed by atoms with Crippen LogP contribution < -0.4 is 10.6 Å². The summed E-state index contributed by atoms with van der Waals surface area (Å²) in [6, 6.07) is 16.3. The second-order valence-corrected chi connectivity index (χ2v) is 7.28. The van der Waals surface area contributed by atoms with Crippen LogP contribution in [0.25, 0.3) is 0 Å². The van der Waals surface area contributed by atoms with E-state index in [9.17, 15) is 9.59 Å². The van der Waals surface area contributed by atoms with Gasteiger partial charge in [0.15, 0.2) is 0 Å². The summed E-state index contributed by atoms with van der Waals surface area (Å²) in [5, 5.41) is 5.84. The van der Waals surface area contributed by atoms with Crippen molar-refractivity contribution < 1.29 is 9.59 Å². The van der Waals surface area contributed by atoms with Crippen molar-refractivity contribution >= 4 is 11.8 Å². The predicted octanol–water partition coefficient (Wildman–Crippen LogP) is 3.00. The zero-order valence-corrected chi connectivity index (χ0v) is 16.7. The molecule has 29 heavy (non-hydrogen) atoms. The molecule has 3 aromatic rings. The summed E-state index contributed by atoms with van der Waals surface area (Å²) in [5.41, 5.74) is 2.68. The SMILES string of the molecule is CC(C)C(NC(=O)c1ccccc1)C(=O)NCc1ccccc1Cn1ccnc1. The Bertz CT molecular complexity index is 937. The zero-order valence-electron chi connectivity index (χ0n) is 16.7. The van der Waals surface area contributed by atoms with Crippen LogP contribution in [-0.2, 0) is 17.9 Å². The summed E-state index contributed by atoms with van der Waals surface area (Å²) in [6.45, 7) is 4.92. The van der Waals surface area contributed by atoms with E-state index in [0.29, 0.717) is 18.7 Å². The highest BCUT2D eigenvalue weighted by Gasteiger charge is 2.24. The van der Waals surface area contributed by atoms with Crippen molar-refractivity contribution in [2.75, 3.05) is 0 Å². The van der Waals surface area contributed by atoms with Crippen molar-refractivity contribution in [1.29, 1.82) is 0 Å². The van der Waals surface area contributed by atoms with Crippen molar-refractivity contribution in [2.45, 2.75) is 33.0 Å². The predicted molar refractivity (Wildman–Crippen MR) is 112 cm³/mol. The van der Waals surface area contributed by atoms with Crippen LogP contribution in [0.5, 0.6) is 0 Å². The minimum absolute atomic E-state index is 0.0381. The van der Waals surface area contributed by atoms with E-state index in [1.165, 1.54) is 0 Å². The number of carbonyl (C=O) groups is 2. The number of nitrogens with one attached hydrogen (secondary N) is 2. The Kier molecular flexibility index (Phi) is 6.79. The molecule has 0 aliphatic rings. The molecular weight excluding hydrogens is 364 g/mol. The maximum absolute atomic E-state index is 12.8. The first-order chi connectivity index (χ1) is 14.0. The molecule has 3 rings (SSSR count). The van der Waals surface area contributed by atoms with Crippen molar-refractivity contribution in [3.8, 4) is 0 Å².